The number of hydrogen-bond donors (Lipinski definition) is 1. The number of nitrogens with zero attached hydrogens (tertiary/aromatic N) is 1. The van der Waals surface area contributed by atoms with Crippen LogP contribution in [0.1, 0.15) is 25.1 Å². The number of aryl methyl sites for hydroxylation is 1. The van der Waals surface area contributed by atoms with Gasteiger partial charge in [0, 0.05) is 12.7 Å². The van der Waals surface area contributed by atoms with Gasteiger partial charge in [-0.25, -0.2) is 4.57 Å². The highest BCUT2D eigenvalue weighted by atomic mass is 16.5. The van der Waals surface area contributed by atoms with Crippen LogP contribution >= 0.6 is 0 Å². The van der Waals surface area contributed by atoms with Crippen molar-refractivity contribution in [1.82, 2.24) is 0 Å². The number of anilines is 1. The smallest absolute Gasteiger partial charge is 0.276 e. The summed E-state index contributed by atoms with van der Waals surface area (Å²) in [5, 5.41) is 3.37. The number of hydrogen-bond acceptors (Lipinski definition) is 2. The second kappa shape index (κ2) is 3.96. The molecular weight excluding hydrogens is 176 g/mol. The van der Waals surface area contributed by atoms with Crippen LogP contribution in [0.5, 0.6) is 0 Å². The summed E-state index contributed by atoms with van der Waals surface area (Å²) >= 11 is 0. The van der Waals surface area contributed by atoms with Crippen molar-refractivity contribution in [3.8, 4) is 0 Å². The molecule has 0 amide bonds. The van der Waals surface area contributed by atoms with Crippen LogP contribution in [0.25, 0.3) is 0 Å². The molecule has 1 aromatic rings. The van der Waals surface area contributed by atoms with E-state index in [4.69, 9.17) is 4.74 Å². The number of ether oxygens (including phenoxy) is 1. The van der Waals surface area contributed by atoms with E-state index in [1.54, 1.807) is 0 Å². The van der Waals surface area contributed by atoms with Gasteiger partial charge in [0.05, 0.1) is 19.2 Å². The fourth-order valence-electron chi connectivity index (χ4n) is 1.83. The molecule has 1 aliphatic rings. The van der Waals surface area contributed by atoms with Gasteiger partial charge >= 0.3 is 0 Å². The molecule has 2 heterocycles. The second-order valence-electron chi connectivity index (χ2n) is 3.62. The maximum absolute atomic E-state index is 5.67. The third kappa shape index (κ3) is 1.73. The number of nitrogens with one attached hydrogen (secondary N) is 1. The first-order valence-electron chi connectivity index (χ1n) is 5.18. The molecule has 1 aromatic heterocycles. The summed E-state index contributed by atoms with van der Waals surface area (Å²) in [5.41, 5.74) is 1.28. The first-order chi connectivity index (χ1) is 6.81. The summed E-state index contributed by atoms with van der Waals surface area (Å²) in [6, 6.07) is 4.27. The fraction of sp³-hybridized carbons (Fsp3) is 0.545. The molecule has 2 rings (SSSR count). The molecule has 1 atom stereocenters. The zero-order chi connectivity index (χ0) is 9.97. The van der Waals surface area contributed by atoms with Crippen LogP contribution in [0.3, 0.4) is 0 Å². The Morgan fingerprint density at radius 3 is 3.29 bits per heavy atom. The lowest BCUT2D eigenvalue weighted by Gasteiger charge is -2.21. The van der Waals surface area contributed by atoms with E-state index in [0.29, 0.717) is 0 Å². The monoisotopic (exact) mass is 193 g/mol. The van der Waals surface area contributed by atoms with Crippen LogP contribution in [0.4, 0.5) is 5.82 Å². The van der Waals surface area contributed by atoms with Gasteiger partial charge in [-0.15, -0.1) is 0 Å². The van der Waals surface area contributed by atoms with Gasteiger partial charge in [-0.2, -0.15) is 0 Å². The van der Waals surface area contributed by atoms with Crippen molar-refractivity contribution < 1.29 is 9.30 Å². The topological polar surface area (TPSA) is 25.1 Å². The molecule has 1 unspecified atom stereocenters. The highest BCUT2D eigenvalue weighted by molar-refractivity contribution is 5.32. The maximum atomic E-state index is 5.67. The standard InChI is InChI=1S/C11H16N2O/c1-3-14-11-4-6-12-10-8-9(2)5-7-13(10)11/h5,7-8,11H,3-4,6H2,1-2H3/p+1. The van der Waals surface area contributed by atoms with Crippen molar-refractivity contribution in [3.63, 3.8) is 0 Å². The highest BCUT2D eigenvalue weighted by Gasteiger charge is 2.24. The zero-order valence-electron chi connectivity index (χ0n) is 8.79. The summed E-state index contributed by atoms with van der Waals surface area (Å²) in [6.45, 7) is 5.91. The number of aromatic nitrogens is 1. The van der Waals surface area contributed by atoms with E-state index in [0.717, 1.165) is 25.4 Å². The summed E-state index contributed by atoms with van der Waals surface area (Å²) in [6.07, 6.45) is 3.34. The van der Waals surface area contributed by atoms with Crippen LogP contribution in [-0.4, -0.2) is 13.2 Å². The lowest BCUT2D eigenvalue weighted by molar-refractivity contribution is -0.753. The quantitative estimate of drug-likeness (QED) is 0.722. The SMILES string of the molecule is CCOC1CCNc2cc(C)cc[n+]21. The van der Waals surface area contributed by atoms with E-state index in [1.165, 1.54) is 5.56 Å². The van der Waals surface area contributed by atoms with E-state index in [1.807, 2.05) is 6.92 Å². The lowest BCUT2D eigenvalue weighted by atomic mass is 10.2. The fourth-order valence-corrected chi connectivity index (χ4v) is 1.83. The van der Waals surface area contributed by atoms with Crippen LogP contribution < -0.4 is 9.88 Å². The first-order valence-corrected chi connectivity index (χ1v) is 5.18. The Labute approximate surface area is 84.7 Å². The van der Waals surface area contributed by atoms with Gasteiger partial charge in [-0.1, -0.05) is 0 Å². The molecule has 0 saturated heterocycles. The average Bonchev–Trinajstić information content (AvgIpc) is 2.18. The molecule has 0 bridgehead atoms. The Bertz CT molecular complexity index is 325. The number of fused-ring (bicyclic) bond motifs is 1. The van der Waals surface area contributed by atoms with Crippen LogP contribution in [-0.2, 0) is 4.74 Å². The Morgan fingerprint density at radius 1 is 1.64 bits per heavy atom. The van der Waals surface area contributed by atoms with E-state index >= 15 is 0 Å². The zero-order valence-corrected chi connectivity index (χ0v) is 8.79. The maximum Gasteiger partial charge on any atom is 0.276 e. The molecule has 0 aromatic carbocycles. The van der Waals surface area contributed by atoms with Gasteiger partial charge < -0.3 is 4.74 Å². The van der Waals surface area contributed by atoms with Gasteiger partial charge in [0.25, 0.3) is 5.82 Å². The van der Waals surface area contributed by atoms with Crippen molar-refractivity contribution in [2.75, 3.05) is 18.5 Å². The first kappa shape index (κ1) is 9.46. The van der Waals surface area contributed by atoms with Crippen molar-refractivity contribution in [1.29, 1.82) is 0 Å². The highest BCUT2D eigenvalue weighted by Crippen LogP contribution is 2.16. The molecule has 3 nitrogen and oxygen atoms in total. The Kier molecular flexibility index (Phi) is 2.68. The number of rotatable bonds is 2. The molecule has 3 heteroatoms. The van der Waals surface area contributed by atoms with Crippen LogP contribution in [0.15, 0.2) is 18.3 Å². The Hall–Kier alpha value is -1.09. The molecule has 0 aliphatic carbocycles. The van der Waals surface area contributed by atoms with E-state index in [-0.39, 0.29) is 6.23 Å². The third-order valence-electron chi connectivity index (χ3n) is 2.51. The van der Waals surface area contributed by atoms with Gasteiger partial charge in [0.1, 0.15) is 0 Å². The summed E-state index contributed by atoms with van der Waals surface area (Å²) in [7, 11) is 0. The van der Waals surface area contributed by atoms with Crippen molar-refractivity contribution in [3.05, 3.63) is 23.9 Å². The van der Waals surface area contributed by atoms with Gasteiger partial charge in [0.2, 0.25) is 6.23 Å². The lowest BCUT2D eigenvalue weighted by Crippen LogP contribution is -2.47. The van der Waals surface area contributed by atoms with E-state index in [9.17, 15) is 0 Å². The second-order valence-corrected chi connectivity index (χ2v) is 3.62. The molecule has 76 valence electrons. The van der Waals surface area contributed by atoms with Crippen molar-refractivity contribution >= 4 is 5.82 Å². The van der Waals surface area contributed by atoms with Gasteiger partial charge in [-0.05, 0) is 25.5 Å². The molecule has 1 N–H and O–H groups in total. The predicted octanol–water partition coefficient (Wildman–Crippen LogP) is 1.63. The third-order valence-corrected chi connectivity index (χ3v) is 2.51. The molecular formula is C11H17N2O+. The average molecular weight is 193 g/mol. The minimum atomic E-state index is 0.205. The molecule has 0 saturated carbocycles. The Morgan fingerprint density at radius 2 is 2.50 bits per heavy atom. The van der Waals surface area contributed by atoms with Gasteiger partial charge in [0.15, 0.2) is 0 Å². The summed E-state index contributed by atoms with van der Waals surface area (Å²) < 4.78 is 7.84. The van der Waals surface area contributed by atoms with Crippen LogP contribution in [0, 0.1) is 6.92 Å². The molecule has 14 heavy (non-hydrogen) atoms. The van der Waals surface area contributed by atoms with E-state index in [2.05, 4.69) is 35.1 Å². The van der Waals surface area contributed by atoms with Crippen LogP contribution in [0.2, 0.25) is 0 Å². The summed E-state index contributed by atoms with van der Waals surface area (Å²) in [5.74, 6) is 1.16. The summed E-state index contributed by atoms with van der Waals surface area (Å²) in [4.78, 5) is 0. The van der Waals surface area contributed by atoms with E-state index < -0.39 is 0 Å². The predicted molar refractivity (Wildman–Crippen MR) is 55.1 cm³/mol. The molecule has 1 aliphatic heterocycles. The van der Waals surface area contributed by atoms with Crippen molar-refractivity contribution in [2.45, 2.75) is 26.5 Å². The van der Waals surface area contributed by atoms with Crippen molar-refractivity contribution in [2.24, 2.45) is 0 Å². The number of pyridine rings is 1. The molecule has 0 spiro atoms. The molecule has 0 radical (unpaired) electrons. The Balaban J connectivity index is 2.30. The normalized spacial score (nSPS) is 20.0. The van der Waals surface area contributed by atoms with Gasteiger partial charge in [-0.3, -0.25) is 5.32 Å². The largest absolute Gasteiger partial charge is 0.339 e. The minimum Gasteiger partial charge on any atom is -0.339 e. The molecule has 0 fully saturated rings. The minimum absolute atomic E-state index is 0.205.